The second kappa shape index (κ2) is 6.69. The van der Waals surface area contributed by atoms with Gasteiger partial charge in [0, 0.05) is 30.6 Å². The Labute approximate surface area is 134 Å². The van der Waals surface area contributed by atoms with Crippen LogP contribution in [-0.4, -0.2) is 45.0 Å². The molecule has 0 N–H and O–H groups in total. The van der Waals surface area contributed by atoms with Crippen molar-refractivity contribution in [2.75, 3.05) is 34.4 Å². The first-order valence-electron chi connectivity index (χ1n) is 6.50. The van der Waals surface area contributed by atoms with Crippen LogP contribution in [0.25, 0.3) is 6.08 Å². The molecule has 6 heteroatoms. The summed E-state index contributed by atoms with van der Waals surface area (Å²) in [6.07, 6.45) is 2.30. The Bertz CT molecular complexity index is 599. The summed E-state index contributed by atoms with van der Waals surface area (Å²) in [7, 11) is 4.99. The maximum Gasteiger partial charge on any atom is 0.161 e. The number of rotatable bonds is 3. The number of halogens is 2. The fourth-order valence-corrected chi connectivity index (χ4v) is 3.03. The molecule has 2 rings (SSSR count). The van der Waals surface area contributed by atoms with Gasteiger partial charge in [-0.1, -0.05) is 23.2 Å². The first-order chi connectivity index (χ1) is 9.97. The van der Waals surface area contributed by atoms with Crippen LogP contribution in [0.15, 0.2) is 11.6 Å². The van der Waals surface area contributed by atoms with E-state index in [2.05, 4.69) is 4.90 Å². The number of likely N-dealkylation sites (tertiary alicyclic amines) is 1. The maximum absolute atomic E-state index is 12.0. The molecule has 0 saturated carbocycles. The predicted octanol–water partition coefficient (Wildman–Crippen LogP) is 3.30. The van der Waals surface area contributed by atoms with E-state index in [1.165, 1.54) is 14.2 Å². The van der Waals surface area contributed by atoms with Crippen molar-refractivity contribution in [3.8, 4) is 11.5 Å². The molecule has 1 heterocycles. The Kier molecular flexibility index (Phi) is 5.14. The normalized spacial score (nSPS) is 18.1. The highest BCUT2D eigenvalue weighted by Crippen LogP contribution is 2.43. The highest BCUT2D eigenvalue weighted by molar-refractivity contribution is 6.38. The summed E-state index contributed by atoms with van der Waals surface area (Å²) >= 11 is 12.4. The number of nitrogens with zero attached hydrogens (tertiary/aromatic N) is 1. The van der Waals surface area contributed by atoms with Crippen LogP contribution >= 0.6 is 23.2 Å². The number of hydrogen-bond donors (Lipinski definition) is 0. The Morgan fingerprint density at radius 2 is 1.90 bits per heavy atom. The summed E-state index contributed by atoms with van der Waals surface area (Å²) in [5.41, 5.74) is 1.39. The van der Waals surface area contributed by atoms with Gasteiger partial charge < -0.3 is 14.4 Å². The number of methoxy groups -OCH3 is 2. The van der Waals surface area contributed by atoms with Gasteiger partial charge in [0.25, 0.3) is 0 Å². The minimum atomic E-state index is 0.137. The van der Waals surface area contributed by atoms with Crippen LogP contribution in [0.2, 0.25) is 10.0 Å². The summed E-state index contributed by atoms with van der Waals surface area (Å²) < 4.78 is 10.5. The van der Waals surface area contributed by atoms with Gasteiger partial charge in [0.2, 0.25) is 0 Å². The van der Waals surface area contributed by atoms with E-state index in [9.17, 15) is 4.79 Å². The van der Waals surface area contributed by atoms with Crippen LogP contribution < -0.4 is 9.47 Å². The van der Waals surface area contributed by atoms with Gasteiger partial charge >= 0.3 is 0 Å². The summed E-state index contributed by atoms with van der Waals surface area (Å²) in [4.78, 5) is 14.1. The highest BCUT2D eigenvalue weighted by Gasteiger charge is 2.21. The lowest BCUT2D eigenvalue weighted by Gasteiger charge is -2.23. The number of carbonyl (C=O) groups is 1. The molecule has 1 aliphatic heterocycles. The van der Waals surface area contributed by atoms with Crippen LogP contribution in [-0.2, 0) is 4.79 Å². The van der Waals surface area contributed by atoms with E-state index in [0.717, 1.165) is 12.1 Å². The molecule has 1 fully saturated rings. The smallest absolute Gasteiger partial charge is 0.161 e. The van der Waals surface area contributed by atoms with E-state index in [1.54, 1.807) is 12.1 Å². The lowest BCUT2D eigenvalue weighted by Crippen LogP contribution is -2.32. The van der Waals surface area contributed by atoms with Crippen molar-refractivity contribution in [1.29, 1.82) is 0 Å². The third-order valence-corrected chi connectivity index (χ3v) is 4.04. The zero-order valence-corrected chi connectivity index (χ0v) is 13.7. The van der Waals surface area contributed by atoms with Gasteiger partial charge in [-0.05, 0) is 19.2 Å². The quantitative estimate of drug-likeness (QED) is 0.797. The summed E-state index contributed by atoms with van der Waals surface area (Å²) in [6, 6.07) is 1.69. The number of likely N-dealkylation sites (N-methyl/N-ethyl adjacent to an activating group) is 1. The molecule has 1 aromatic carbocycles. The van der Waals surface area contributed by atoms with Crippen molar-refractivity contribution in [2.24, 2.45) is 0 Å². The average molecular weight is 330 g/mol. The summed E-state index contributed by atoms with van der Waals surface area (Å²) in [5, 5.41) is 0.683. The molecular formula is C15H17Cl2NO3. The number of ether oxygens (including phenoxy) is 2. The lowest BCUT2D eigenvalue weighted by atomic mass is 10.0. The number of ketones is 1. The fourth-order valence-electron chi connectivity index (χ4n) is 2.33. The Morgan fingerprint density at radius 1 is 1.24 bits per heavy atom. The number of piperidine rings is 1. The second-order valence-corrected chi connectivity index (χ2v) is 5.69. The van der Waals surface area contributed by atoms with E-state index in [1.807, 2.05) is 7.05 Å². The molecule has 0 spiro atoms. The zero-order chi connectivity index (χ0) is 15.6. The van der Waals surface area contributed by atoms with Gasteiger partial charge in [0.15, 0.2) is 11.5 Å². The minimum absolute atomic E-state index is 0.137. The van der Waals surface area contributed by atoms with Gasteiger partial charge in [0.05, 0.1) is 19.2 Å². The molecule has 114 valence electrons. The van der Waals surface area contributed by atoms with Gasteiger partial charge in [-0.25, -0.2) is 0 Å². The standard InChI is InChI=1S/C15H17Cl2NO3/c1-18-5-4-12(19)10(8-18)6-9-7-11(16)15(21-3)13(17)14(9)20-2/h6-7H,4-5,8H2,1-3H3/b10-6+. The van der Waals surface area contributed by atoms with E-state index >= 15 is 0 Å². The third-order valence-electron chi connectivity index (χ3n) is 3.42. The van der Waals surface area contributed by atoms with Crippen molar-refractivity contribution in [1.82, 2.24) is 4.90 Å². The van der Waals surface area contributed by atoms with Crippen LogP contribution in [0.4, 0.5) is 0 Å². The Morgan fingerprint density at radius 3 is 2.52 bits per heavy atom. The van der Waals surface area contributed by atoms with Crippen LogP contribution in [0.1, 0.15) is 12.0 Å². The SMILES string of the molecule is COc1c(Cl)cc(/C=C2\CN(C)CCC2=O)c(OC)c1Cl. The molecule has 1 aliphatic rings. The molecule has 0 aliphatic carbocycles. The molecule has 0 bridgehead atoms. The van der Waals surface area contributed by atoms with Crippen LogP contribution in [0, 0.1) is 0 Å². The lowest BCUT2D eigenvalue weighted by molar-refractivity contribution is -0.117. The largest absolute Gasteiger partial charge is 0.494 e. The first-order valence-corrected chi connectivity index (χ1v) is 7.25. The number of hydrogen-bond acceptors (Lipinski definition) is 4. The second-order valence-electron chi connectivity index (χ2n) is 4.91. The maximum atomic E-state index is 12.0. The van der Waals surface area contributed by atoms with E-state index < -0.39 is 0 Å². The summed E-state index contributed by atoms with van der Waals surface area (Å²) in [5.74, 6) is 0.953. The average Bonchev–Trinajstić information content (AvgIpc) is 2.43. The van der Waals surface area contributed by atoms with Crippen molar-refractivity contribution in [3.05, 3.63) is 27.2 Å². The van der Waals surface area contributed by atoms with E-state index in [4.69, 9.17) is 32.7 Å². The molecule has 0 aromatic heterocycles. The zero-order valence-electron chi connectivity index (χ0n) is 12.2. The van der Waals surface area contributed by atoms with Crippen molar-refractivity contribution < 1.29 is 14.3 Å². The number of carbonyl (C=O) groups excluding carboxylic acids is 1. The van der Waals surface area contributed by atoms with Gasteiger partial charge in [-0.2, -0.15) is 0 Å². The van der Waals surface area contributed by atoms with Crippen LogP contribution in [0.3, 0.4) is 0 Å². The minimum Gasteiger partial charge on any atom is -0.494 e. The van der Waals surface area contributed by atoms with Crippen molar-refractivity contribution >= 4 is 35.1 Å². The molecule has 21 heavy (non-hydrogen) atoms. The Hall–Kier alpha value is -1.23. The van der Waals surface area contributed by atoms with Crippen molar-refractivity contribution in [2.45, 2.75) is 6.42 Å². The van der Waals surface area contributed by atoms with Crippen molar-refractivity contribution in [3.63, 3.8) is 0 Å². The number of benzene rings is 1. The molecule has 0 unspecified atom stereocenters. The summed E-state index contributed by atoms with van der Waals surface area (Å²) in [6.45, 7) is 1.38. The molecule has 0 amide bonds. The van der Waals surface area contributed by atoms with E-state index in [-0.39, 0.29) is 5.78 Å². The Balaban J connectivity index is 2.51. The molecule has 1 saturated heterocycles. The van der Waals surface area contributed by atoms with Gasteiger partial charge in [-0.15, -0.1) is 0 Å². The fraction of sp³-hybridized carbons (Fsp3) is 0.400. The van der Waals surface area contributed by atoms with Gasteiger partial charge in [0.1, 0.15) is 10.8 Å². The monoisotopic (exact) mass is 329 g/mol. The molecule has 1 aromatic rings. The topological polar surface area (TPSA) is 38.8 Å². The highest BCUT2D eigenvalue weighted by atomic mass is 35.5. The van der Waals surface area contributed by atoms with E-state index in [0.29, 0.717) is 40.1 Å². The van der Waals surface area contributed by atoms with Gasteiger partial charge in [-0.3, -0.25) is 4.79 Å². The number of Topliss-reactive ketones (excluding diaryl/α,β-unsaturated/α-hetero) is 1. The molecule has 0 atom stereocenters. The molecule has 0 radical (unpaired) electrons. The predicted molar refractivity (Wildman–Crippen MR) is 84.7 cm³/mol. The first kappa shape index (κ1) is 16.1. The van der Waals surface area contributed by atoms with Crippen LogP contribution in [0.5, 0.6) is 11.5 Å². The third kappa shape index (κ3) is 3.34. The molecule has 4 nitrogen and oxygen atoms in total. The molecular weight excluding hydrogens is 313 g/mol.